The lowest BCUT2D eigenvalue weighted by atomic mass is 10.00. The van der Waals surface area contributed by atoms with Crippen LogP contribution in [0.5, 0.6) is 0 Å². The van der Waals surface area contributed by atoms with Gasteiger partial charge in [0.25, 0.3) is 0 Å². The number of nitrogens with one attached hydrogen (secondary N) is 2. The monoisotopic (exact) mass is 381 g/mol. The highest BCUT2D eigenvalue weighted by Gasteiger charge is 2.17. The number of hydrogen-bond acceptors (Lipinski definition) is 6. The number of nitrogens with two attached hydrogens (primary N) is 2. The highest BCUT2D eigenvalue weighted by Crippen LogP contribution is 2.38. The highest BCUT2D eigenvalue weighted by atomic mass is 35.5. The van der Waals surface area contributed by atoms with Gasteiger partial charge in [-0.25, -0.2) is 4.98 Å². The standard InChI is InChI=1S/C19H16ClN5O2/c1-9-2-4-15(27-9)18-12(6-10-3-5-16(26)23-19(10)24-18)11-7-13(20)17(21)14(8-11)25-22/h2-8,25H,21-22H2,1H3,(H,23,24,26). The molecule has 0 saturated carbocycles. The Balaban J connectivity index is 2.05. The van der Waals surface area contributed by atoms with Crippen LogP contribution >= 0.6 is 11.6 Å². The van der Waals surface area contributed by atoms with Crippen molar-refractivity contribution < 1.29 is 4.42 Å². The lowest BCUT2D eigenvalue weighted by Gasteiger charge is -2.13. The predicted molar refractivity (Wildman–Crippen MR) is 107 cm³/mol. The van der Waals surface area contributed by atoms with Crippen molar-refractivity contribution in [3.8, 4) is 22.6 Å². The summed E-state index contributed by atoms with van der Waals surface area (Å²) in [5, 5.41) is 1.13. The van der Waals surface area contributed by atoms with Crippen LogP contribution < -0.4 is 22.6 Å². The van der Waals surface area contributed by atoms with E-state index in [2.05, 4.69) is 15.4 Å². The molecule has 0 aliphatic heterocycles. The molecule has 0 unspecified atom stereocenters. The van der Waals surface area contributed by atoms with Crippen molar-refractivity contribution in [3.05, 3.63) is 63.6 Å². The third kappa shape index (κ3) is 3.03. The summed E-state index contributed by atoms with van der Waals surface area (Å²) in [5.41, 5.74) is 11.7. The van der Waals surface area contributed by atoms with E-state index < -0.39 is 0 Å². The van der Waals surface area contributed by atoms with Gasteiger partial charge in [0.1, 0.15) is 17.1 Å². The first-order chi connectivity index (χ1) is 13.0. The number of nitrogen functional groups attached to an aromatic ring is 2. The first-order valence-electron chi connectivity index (χ1n) is 8.13. The largest absolute Gasteiger partial charge is 0.460 e. The number of hydrazine groups is 1. The minimum Gasteiger partial charge on any atom is -0.460 e. The highest BCUT2D eigenvalue weighted by molar-refractivity contribution is 6.34. The van der Waals surface area contributed by atoms with Gasteiger partial charge in [0.05, 0.1) is 16.4 Å². The molecule has 0 bridgehead atoms. The van der Waals surface area contributed by atoms with Crippen molar-refractivity contribution in [1.29, 1.82) is 0 Å². The number of pyridine rings is 2. The zero-order chi connectivity index (χ0) is 19.1. The van der Waals surface area contributed by atoms with Crippen LogP contribution in [0.4, 0.5) is 11.4 Å². The van der Waals surface area contributed by atoms with Gasteiger partial charge in [0.2, 0.25) is 5.56 Å². The molecule has 136 valence electrons. The summed E-state index contributed by atoms with van der Waals surface area (Å²) < 4.78 is 5.77. The summed E-state index contributed by atoms with van der Waals surface area (Å²) in [6.07, 6.45) is 0. The van der Waals surface area contributed by atoms with Crippen LogP contribution in [0.2, 0.25) is 5.02 Å². The molecule has 0 aliphatic carbocycles. The number of hydrogen-bond donors (Lipinski definition) is 4. The van der Waals surface area contributed by atoms with Gasteiger partial charge in [0.15, 0.2) is 5.76 Å². The van der Waals surface area contributed by atoms with E-state index in [1.807, 2.05) is 25.1 Å². The number of halogens is 1. The van der Waals surface area contributed by atoms with Crippen molar-refractivity contribution in [3.63, 3.8) is 0 Å². The Bertz CT molecular complexity index is 1230. The molecule has 27 heavy (non-hydrogen) atoms. The van der Waals surface area contributed by atoms with Gasteiger partial charge in [-0.05, 0) is 48.9 Å². The van der Waals surface area contributed by atoms with Crippen molar-refractivity contribution in [2.75, 3.05) is 11.2 Å². The Morgan fingerprint density at radius 2 is 2.00 bits per heavy atom. The molecule has 7 nitrogen and oxygen atoms in total. The summed E-state index contributed by atoms with van der Waals surface area (Å²) in [6, 6.07) is 12.3. The number of aromatic amines is 1. The number of aryl methyl sites for hydroxylation is 1. The second kappa shape index (κ2) is 6.46. The van der Waals surface area contributed by atoms with Gasteiger partial charge < -0.3 is 20.6 Å². The van der Waals surface area contributed by atoms with E-state index in [0.717, 1.165) is 22.3 Å². The fourth-order valence-corrected chi connectivity index (χ4v) is 3.16. The van der Waals surface area contributed by atoms with Gasteiger partial charge in [0, 0.05) is 17.0 Å². The summed E-state index contributed by atoms with van der Waals surface area (Å²) in [5.74, 6) is 6.89. The van der Waals surface area contributed by atoms with E-state index in [-0.39, 0.29) is 5.56 Å². The van der Waals surface area contributed by atoms with Crippen LogP contribution in [0.3, 0.4) is 0 Å². The Labute approximate surface area is 158 Å². The van der Waals surface area contributed by atoms with Crippen molar-refractivity contribution in [2.24, 2.45) is 5.84 Å². The molecule has 0 spiro atoms. The maximum absolute atomic E-state index is 11.7. The number of fused-ring (bicyclic) bond motifs is 1. The van der Waals surface area contributed by atoms with Gasteiger partial charge >= 0.3 is 0 Å². The van der Waals surface area contributed by atoms with Crippen LogP contribution in [0.25, 0.3) is 33.6 Å². The van der Waals surface area contributed by atoms with E-state index >= 15 is 0 Å². The molecule has 0 atom stereocenters. The molecule has 6 N–H and O–H groups in total. The molecule has 8 heteroatoms. The molecule has 3 aromatic heterocycles. The zero-order valence-corrected chi connectivity index (χ0v) is 15.1. The van der Waals surface area contributed by atoms with Crippen molar-refractivity contribution >= 4 is 34.0 Å². The van der Waals surface area contributed by atoms with Crippen LogP contribution in [0.1, 0.15) is 5.76 Å². The van der Waals surface area contributed by atoms with Crippen LogP contribution in [-0.2, 0) is 0 Å². The molecular formula is C19H16ClN5O2. The van der Waals surface area contributed by atoms with Crippen LogP contribution in [-0.4, -0.2) is 9.97 Å². The summed E-state index contributed by atoms with van der Waals surface area (Å²) in [4.78, 5) is 19.1. The quantitative estimate of drug-likeness (QED) is 0.244. The molecule has 3 heterocycles. The molecule has 0 aliphatic rings. The number of nitrogens with zero attached hydrogens (tertiary/aromatic N) is 1. The Morgan fingerprint density at radius 3 is 2.70 bits per heavy atom. The number of benzene rings is 1. The predicted octanol–water partition coefficient (Wildman–Crippen LogP) is 3.68. The minimum atomic E-state index is -0.227. The number of anilines is 2. The first-order valence-corrected chi connectivity index (χ1v) is 8.51. The van der Waals surface area contributed by atoms with Crippen molar-refractivity contribution in [1.82, 2.24) is 9.97 Å². The SMILES string of the molecule is Cc1ccc(-c2nc3[nH]c(=O)ccc3cc2-c2cc(Cl)c(N)c(NN)c2)o1. The molecule has 4 aromatic rings. The molecule has 0 amide bonds. The summed E-state index contributed by atoms with van der Waals surface area (Å²) >= 11 is 6.28. The topological polar surface area (TPSA) is 123 Å². The van der Waals surface area contributed by atoms with Gasteiger partial charge in [-0.3, -0.25) is 10.6 Å². The number of aromatic nitrogens is 2. The second-order valence-electron chi connectivity index (χ2n) is 6.12. The summed E-state index contributed by atoms with van der Waals surface area (Å²) in [7, 11) is 0. The third-order valence-electron chi connectivity index (χ3n) is 4.28. The Kier molecular flexibility index (Phi) is 4.10. The minimum absolute atomic E-state index is 0.227. The lowest BCUT2D eigenvalue weighted by molar-refractivity contribution is 0.547. The number of rotatable bonds is 3. The second-order valence-corrected chi connectivity index (χ2v) is 6.53. The van der Waals surface area contributed by atoms with E-state index in [1.165, 1.54) is 6.07 Å². The van der Waals surface area contributed by atoms with Crippen molar-refractivity contribution in [2.45, 2.75) is 6.92 Å². The van der Waals surface area contributed by atoms with Gasteiger partial charge in [-0.1, -0.05) is 11.6 Å². The number of furan rings is 1. The van der Waals surface area contributed by atoms with Gasteiger partial charge in [-0.2, -0.15) is 0 Å². The maximum atomic E-state index is 11.7. The van der Waals surface area contributed by atoms with Crippen LogP contribution in [0.15, 0.2) is 51.7 Å². The average Bonchev–Trinajstić information content (AvgIpc) is 3.09. The molecule has 1 aromatic carbocycles. The number of H-pyrrole nitrogens is 1. The maximum Gasteiger partial charge on any atom is 0.249 e. The molecule has 0 saturated heterocycles. The van der Waals surface area contributed by atoms with E-state index in [1.54, 1.807) is 18.2 Å². The average molecular weight is 382 g/mol. The molecular weight excluding hydrogens is 366 g/mol. The molecule has 0 fully saturated rings. The van der Waals surface area contributed by atoms with Gasteiger partial charge in [-0.15, -0.1) is 0 Å². The first kappa shape index (κ1) is 17.1. The smallest absolute Gasteiger partial charge is 0.249 e. The fourth-order valence-electron chi connectivity index (χ4n) is 2.94. The Hall–Kier alpha value is -3.29. The third-order valence-corrected chi connectivity index (χ3v) is 4.59. The molecule has 4 rings (SSSR count). The zero-order valence-electron chi connectivity index (χ0n) is 14.3. The lowest BCUT2D eigenvalue weighted by Crippen LogP contribution is -2.09. The summed E-state index contributed by atoms with van der Waals surface area (Å²) in [6.45, 7) is 1.85. The molecule has 0 radical (unpaired) electrons. The van der Waals surface area contributed by atoms with E-state index in [4.69, 9.17) is 27.6 Å². The van der Waals surface area contributed by atoms with E-state index in [0.29, 0.717) is 33.5 Å². The van der Waals surface area contributed by atoms with Crippen LogP contribution in [0, 0.1) is 6.92 Å². The fraction of sp³-hybridized carbons (Fsp3) is 0.0526. The van der Waals surface area contributed by atoms with E-state index in [9.17, 15) is 4.79 Å². The normalized spacial score (nSPS) is 11.1. The Morgan fingerprint density at radius 1 is 1.19 bits per heavy atom.